The van der Waals surface area contributed by atoms with Gasteiger partial charge in [0.05, 0.1) is 12.5 Å². The molecular formula is C13H23NO2. The molecule has 0 amide bonds. The summed E-state index contributed by atoms with van der Waals surface area (Å²) in [6, 6.07) is 0. The van der Waals surface area contributed by atoms with Crippen LogP contribution in [0.15, 0.2) is 0 Å². The second-order valence-corrected chi connectivity index (χ2v) is 5.31. The van der Waals surface area contributed by atoms with Gasteiger partial charge in [0.1, 0.15) is 0 Å². The smallest absolute Gasteiger partial charge is 0.310 e. The van der Waals surface area contributed by atoms with Crippen molar-refractivity contribution in [3.63, 3.8) is 0 Å². The molecule has 3 nitrogen and oxygen atoms in total. The van der Waals surface area contributed by atoms with E-state index in [1.165, 1.54) is 25.7 Å². The summed E-state index contributed by atoms with van der Waals surface area (Å²) in [7, 11) is 0. The molecule has 2 fully saturated rings. The maximum atomic E-state index is 11.9. The Labute approximate surface area is 97.9 Å². The largest absolute Gasteiger partial charge is 0.466 e. The minimum atomic E-state index is 0.0178. The summed E-state index contributed by atoms with van der Waals surface area (Å²) in [4.78, 5) is 11.9. The Hall–Kier alpha value is -0.570. The van der Waals surface area contributed by atoms with Crippen LogP contribution in [0.5, 0.6) is 0 Å². The third-order valence-electron chi connectivity index (χ3n) is 4.46. The quantitative estimate of drug-likeness (QED) is 0.746. The van der Waals surface area contributed by atoms with Gasteiger partial charge in [0.15, 0.2) is 0 Å². The summed E-state index contributed by atoms with van der Waals surface area (Å²) < 4.78 is 5.20. The third kappa shape index (κ3) is 1.97. The molecule has 0 bridgehead atoms. The normalized spacial score (nSPS) is 38.1. The highest BCUT2D eigenvalue weighted by Gasteiger charge is 2.51. The van der Waals surface area contributed by atoms with Crippen molar-refractivity contribution in [2.24, 2.45) is 17.3 Å². The molecule has 2 aliphatic rings. The zero-order chi connectivity index (χ0) is 11.6. The first kappa shape index (κ1) is 11.9. The van der Waals surface area contributed by atoms with Gasteiger partial charge >= 0.3 is 5.97 Å². The number of ether oxygens (including phenoxy) is 1. The second kappa shape index (κ2) is 4.74. The van der Waals surface area contributed by atoms with Crippen molar-refractivity contribution < 1.29 is 9.53 Å². The van der Waals surface area contributed by atoms with Crippen molar-refractivity contribution in [3.8, 4) is 0 Å². The Balaban J connectivity index is 2.05. The molecule has 0 radical (unpaired) electrons. The van der Waals surface area contributed by atoms with Crippen LogP contribution in [-0.2, 0) is 9.53 Å². The van der Waals surface area contributed by atoms with E-state index in [2.05, 4.69) is 12.2 Å². The van der Waals surface area contributed by atoms with Crippen LogP contribution in [0.3, 0.4) is 0 Å². The lowest BCUT2D eigenvalue weighted by Crippen LogP contribution is -2.34. The van der Waals surface area contributed by atoms with Gasteiger partial charge in [0.25, 0.3) is 0 Å². The fourth-order valence-corrected chi connectivity index (χ4v) is 3.48. The molecule has 2 rings (SSSR count). The molecule has 1 saturated heterocycles. The molecule has 3 unspecified atom stereocenters. The number of esters is 1. The number of nitrogens with one attached hydrogen (secondary N) is 1. The van der Waals surface area contributed by atoms with Crippen LogP contribution in [0.4, 0.5) is 0 Å². The van der Waals surface area contributed by atoms with Crippen molar-refractivity contribution in [2.45, 2.75) is 39.5 Å². The SMILES string of the molecule is CCOC(=O)C1CNCC12CCC(CC)C2. The lowest BCUT2D eigenvalue weighted by Gasteiger charge is -2.28. The van der Waals surface area contributed by atoms with E-state index >= 15 is 0 Å². The minimum absolute atomic E-state index is 0.0178. The highest BCUT2D eigenvalue weighted by molar-refractivity contribution is 5.74. The molecule has 1 aliphatic carbocycles. The molecule has 1 spiro atoms. The predicted octanol–water partition coefficient (Wildman–Crippen LogP) is 1.97. The molecule has 3 heteroatoms. The van der Waals surface area contributed by atoms with Crippen LogP contribution >= 0.6 is 0 Å². The number of carbonyl (C=O) groups excluding carboxylic acids is 1. The van der Waals surface area contributed by atoms with Crippen molar-refractivity contribution in [1.29, 1.82) is 0 Å². The molecule has 1 N–H and O–H groups in total. The standard InChI is InChI=1S/C13H23NO2/c1-3-10-5-6-13(7-10)9-14-8-11(13)12(15)16-4-2/h10-11,14H,3-9H2,1-2H3. The molecule has 16 heavy (non-hydrogen) atoms. The van der Waals surface area contributed by atoms with Crippen molar-refractivity contribution in [1.82, 2.24) is 5.32 Å². The highest BCUT2D eigenvalue weighted by Crippen LogP contribution is 2.50. The average Bonchev–Trinajstić information content (AvgIpc) is 2.87. The van der Waals surface area contributed by atoms with E-state index in [0.717, 1.165) is 19.0 Å². The first-order valence-electron chi connectivity index (χ1n) is 6.59. The van der Waals surface area contributed by atoms with Crippen molar-refractivity contribution >= 4 is 5.97 Å². The summed E-state index contributed by atoms with van der Waals surface area (Å²) >= 11 is 0. The highest BCUT2D eigenvalue weighted by atomic mass is 16.5. The number of rotatable bonds is 3. The third-order valence-corrected chi connectivity index (χ3v) is 4.46. The van der Waals surface area contributed by atoms with E-state index < -0.39 is 0 Å². The Morgan fingerprint density at radius 3 is 2.94 bits per heavy atom. The zero-order valence-electron chi connectivity index (χ0n) is 10.4. The maximum Gasteiger partial charge on any atom is 0.310 e. The molecule has 1 heterocycles. The van der Waals surface area contributed by atoms with Crippen LogP contribution < -0.4 is 5.32 Å². The summed E-state index contributed by atoms with van der Waals surface area (Å²) in [5.41, 5.74) is 0.215. The van der Waals surface area contributed by atoms with Crippen molar-refractivity contribution in [3.05, 3.63) is 0 Å². The first-order valence-corrected chi connectivity index (χ1v) is 6.59. The van der Waals surface area contributed by atoms with Crippen LogP contribution in [0.1, 0.15) is 39.5 Å². The van der Waals surface area contributed by atoms with Gasteiger partial charge < -0.3 is 10.1 Å². The Bertz CT molecular complexity index is 267. The molecule has 3 atom stereocenters. The lowest BCUT2D eigenvalue weighted by molar-refractivity contribution is -0.151. The van der Waals surface area contributed by atoms with Gasteiger partial charge in [0, 0.05) is 13.1 Å². The van der Waals surface area contributed by atoms with Crippen molar-refractivity contribution in [2.75, 3.05) is 19.7 Å². The Kier molecular flexibility index (Phi) is 3.53. The summed E-state index contributed by atoms with van der Waals surface area (Å²) in [6.45, 7) is 6.47. The predicted molar refractivity (Wildman–Crippen MR) is 63.1 cm³/mol. The van der Waals surface area contributed by atoms with Gasteiger partial charge in [-0.25, -0.2) is 0 Å². The molecule has 1 aliphatic heterocycles. The second-order valence-electron chi connectivity index (χ2n) is 5.31. The van der Waals surface area contributed by atoms with E-state index in [4.69, 9.17) is 4.74 Å². The maximum absolute atomic E-state index is 11.9. The van der Waals surface area contributed by atoms with Crippen LogP contribution in [0, 0.1) is 17.3 Å². The van der Waals surface area contributed by atoms with Gasteiger partial charge in [-0.3, -0.25) is 4.79 Å². The monoisotopic (exact) mass is 225 g/mol. The summed E-state index contributed by atoms with van der Waals surface area (Å²) in [5.74, 6) is 0.935. The van der Waals surface area contributed by atoms with E-state index in [0.29, 0.717) is 6.61 Å². The number of carbonyl (C=O) groups is 1. The zero-order valence-corrected chi connectivity index (χ0v) is 10.4. The van der Waals surface area contributed by atoms with Gasteiger partial charge in [-0.1, -0.05) is 13.3 Å². The molecule has 0 aromatic heterocycles. The topological polar surface area (TPSA) is 38.3 Å². The van der Waals surface area contributed by atoms with Gasteiger partial charge in [-0.05, 0) is 37.5 Å². The average molecular weight is 225 g/mol. The van der Waals surface area contributed by atoms with Gasteiger partial charge in [0.2, 0.25) is 0 Å². The van der Waals surface area contributed by atoms with E-state index in [9.17, 15) is 4.79 Å². The van der Waals surface area contributed by atoms with E-state index in [-0.39, 0.29) is 17.3 Å². The first-order chi connectivity index (χ1) is 7.72. The minimum Gasteiger partial charge on any atom is -0.466 e. The van der Waals surface area contributed by atoms with Crippen LogP contribution in [0.2, 0.25) is 0 Å². The summed E-state index contributed by atoms with van der Waals surface area (Å²) in [5, 5.41) is 3.39. The molecule has 1 saturated carbocycles. The lowest BCUT2D eigenvalue weighted by atomic mass is 9.76. The Morgan fingerprint density at radius 2 is 2.31 bits per heavy atom. The fourth-order valence-electron chi connectivity index (χ4n) is 3.48. The van der Waals surface area contributed by atoms with Crippen LogP contribution in [-0.4, -0.2) is 25.7 Å². The fraction of sp³-hybridized carbons (Fsp3) is 0.923. The number of hydrogen-bond acceptors (Lipinski definition) is 3. The van der Waals surface area contributed by atoms with Gasteiger partial charge in [-0.15, -0.1) is 0 Å². The van der Waals surface area contributed by atoms with E-state index in [1.807, 2.05) is 6.92 Å². The molecule has 92 valence electrons. The number of hydrogen-bond donors (Lipinski definition) is 1. The Morgan fingerprint density at radius 1 is 1.50 bits per heavy atom. The van der Waals surface area contributed by atoms with E-state index in [1.54, 1.807) is 0 Å². The summed E-state index contributed by atoms with van der Waals surface area (Å²) in [6.07, 6.45) is 4.94. The molecule has 0 aromatic rings. The van der Waals surface area contributed by atoms with Crippen LogP contribution in [0.25, 0.3) is 0 Å². The van der Waals surface area contributed by atoms with Gasteiger partial charge in [-0.2, -0.15) is 0 Å². The molecule has 0 aromatic carbocycles. The molecular weight excluding hydrogens is 202 g/mol.